The molecule has 0 fully saturated rings. The summed E-state index contributed by atoms with van der Waals surface area (Å²) in [5.41, 5.74) is 2.25. The Labute approximate surface area is 130 Å². The van der Waals surface area contributed by atoms with Gasteiger partial charge in [0.25, 0.3) is 5.56 Å². The molecule has 0 unspecified atom stereocenters. The van der Waals surface area contributed by atoms with Crippen molar-refractivity contribution >= 4 is 0 Å². The van der Waals surface area contributed by atoms with Crippen LogP contribution in [0.4, 0.5) is 0 Å². The summed E-state index contributed by atoms with van der Waals surface area (Å²) in [6.45, 7) is 7.52. The summed E-state index contributed by atoms with van der Waals surface area (Å²) in [6, 6.07) is 9.55. The van der Waals surface area contributed by atoms with Crippen molar-refractivity contribution in [3.05, 3.63) is 46.2 Å². The number of aromatic amines is 1. The number of hydrogen-bond donors (Lipinski definition) is 2. The quantitative estimate of drug-likeness (QED) is 0.772. The van der Waals surface area contributed by atoms with Crippen molar-refractivity contribution in [1.29, 1.82) is 0 Å². The van der Waals surface area contributed by atoms with E-state index in [0.29, 0.717) is 12.1 Å². The highest BCUT2D eigenvalue weighted by atomic mass is 16.5. The molecule has 0 amide bonds. The second-order valence-corrected chi connectivity index (χ2v) is 5.48. The van der Waals surface area contributed by atoms with Crippen LogP contribution in [-0.4, -0.2) is 22.8 Å². The minimum atomic E-state index is -0.146. The molecule has 0 spiro atoms. The van der Waals surface area contributed by atoms with E-state index in [2.05, 4.69) is 22.4 Å². The van der Waals surface area contributed by atoms with Crippen molar-refractivity contribution < 1.29 is 4.74 Å². The van der Waals surface area contributed by atoms with Gasteiger partial charge in [-0.25, -0.2) is 5.10 Å². The molecule has 22 heavy (non-hydrogen) atoms. The summed E-state index contributed by atoms with van der Waals surface area (Å²) in [6.07, 6.45) is 1.18. The molecule has 0 aliphatic rings. The third-order valence-corrected chi connectivity index (χ3v) is 3.14. The topological polar surface area (TPSA) is 67.0 Å². The van der Waals surface area contributed by atoms with Gasteiger partial charge in [-0.1, -0.05) is 6.92 Å². The molecule has 5 nitrogen and oxygen atoms in total. The maximum atomic E-state index is 11.8. The van der Waals surface area contributed by atoms with Gasteiger partial charge in [0.05, 0.1) is 11.8 Å². The molecule has 0 atom stereocenters. The fourth-order valence-corrected chi connectivity index (χ4v) is 2.10. The standard InChI is InChI=1S/C17H23N3O2/c1-4-9-18-11-14-10-16(19-20-17(14)21)13-5-7-15(8-6-13)22-12(2)3/h5-8,10,12,18H,4,9,11H2,1-3H3,(H,20,21). The highest BCUT2D eigenvalue weighted by Crippen LogP contribution is 2.21. The third-order valence-electron chi connectivity index (χ3n) is 3.14. The summed E-state index contributed by atoms with van der Waals surface area (Å²) in [5.74, 6) is 0.827. The van der Waals surface area contributed by atoms with E-state index in [4.69, 9.17) is 4.74 Å². The van der Waals surface area contributed by atoms with Crippen molar-refractivity contribution in [1.82, 2.24) is 15.5 Å². The number of hydrogen-bond acceptors (Lipinski definition) is 4. The number of benzene rings is 1. The van der Waals surface area contributed by atoms with E-state index in [-0.39, 0.29) is 11.7 Å². The zero-order valence-electron chi connectivity index (χ0n) is 13.3. The van der Waals surface area contributed by atoms with Crippen LogP contribution < -0.4 is 15.6 Å². The average molecular weight is 301 g/mol. The van der Waals surface area contributed by atoms with Crippen LogP contribution in [-0.2, 0) is 6.54 Å². The number of nitrogens with zero attached hydrogens (tertiary/aromatic N) is 1. The van der Waals surface area contributed by atoms with Gasteiger partial charge in [-0.15, -0.1) is 0 Å². The van der Waals surface area contributed by atoms with Gasteiger partial charge in [0.2, 0.25) is 0 Å². The lowest BCUT2D eigenvalue weighted by molar-refractivity contribution is 0.242. The van der Waals surface area contributed by atoms with Crippen molar-refractivity contribution in [3.63, 3.8) is 0 Å². The molecule has 0 saturated carbocycles. The Bertz CT molecular complexity index is 648. The van der Waals surface area contributed by atoms with Crippen LogP contribution in [0.25, 0.3) is 11.3 Å². The second-order valence-electron chi connectivity index (χ2n) is 5.48. The zero-order chi connectivity index (χ0) is 15.9. The van der Waals surface area contributed by atoms with E-state index in [1.54, 1.807) is 0 Å². The molecule has 0 aliphatic heterocycles. The summed E-state index contributed by atoms with van der Waals surface area (Å²) in [4.78, 5) is 11.8. The molecular weight excluding hydrogens is 278 g/mol. The van der Waals surface area contributed by atoms with Crippen LogP contribution in [0, 0.1) is 0 Å². The predicted molar refractivity (Wildman–Crippen MR) is 88.1 cm³/mol. The first-order chi connectivity index (χ1) is 10.6. The van der Waals surface area contributed by atoms with Gasteiger partial charge in [-0.3, -0.25) is 4.79 Å². The summed E-state index contributed by atoms with van der Waals surface area (Å²) >= 11 is 0. The molecule has 1 heterocycles. The van der Waals surface area contributed by atoms with Crippen molar-refractivity contribution in [2.45, 2.75) is 39.8 Å². The maximum Gasteiger partial charge on any atom is 0.268 e. The van der Waals surface area contributed by atoms with Crippen LogP contribution in [0.2, 0.25) is 0 Å². The van der Waals surface area contributed by atoms with Gasteiger partial charge in [0.1, 0.15) is 5.75 Å². The van der Waals surface area contributed by atoms with Crippen LogP contribution in [0.5, 0.6) is 5.75 Å². The minimum Gasteiger partial charge on any atom is -0.491 e. The lowest BCUT2D eigenvalue weighted by Gasteiger charge is -2.10. The molecule has 2 rings (SSSR count). The van der Waals surface area contributed by atoms with Crippen molar-refractivity contribution in [3.8, 4) is 17.0 Å². The first-order valence-electron chi connectivity index (χ1n) is 7.66. The SMILES string of the molecule is CCCNCc1cc(-c2ccc(OC(C)C)cc2)n[nH]c1=O. The molecule has 2 N–H and O–H groups in total. The van der Waals surface area contributed by atoms with Gasteiger partial charge in [-0.2, -0.15) is 5.10 Å². The molecule has 1 aromatic heterocycles. The highest BCUT2D eigenvalue weighted by Gasteiger charge is 2.06. The first kappa shape index (κ1) is 16.2. The highest BCUT2D eigenvalue weighted by molar-refractivity contribution is 5.60. The van der Waals surface area contributed by atoms with Crippen LogP contribution >= 0.6 is 0 Å². The molecule has 5 heteroatoms. The Kier molecular flexibility index (Phi) is 5.72. The van der Waals surface area contributed by atoms with Gasteiger partial charge < -0.3 is 10.1 Å². The van der Waals surface area contributed by atoms with E-state index in [1.807, 2.05) is 44.2 Å². The largest absolute Gasteiger partial charge is 0.491 e. The number of aromatic nitrogens is 2. The lowest BCUT2D eigenvalue weighted by atomic mass is 10.1. The molecule has 0 saturated heterocycles. The Morgan fingerprint density at radius 1 is 1.27 bits per heavy atom. The summed E-state index contributed by atoms with van der Waals surface area (Å²) in [7, 11) is 0. The average Bonchev–Trinajstić information content (AvgIpc) is 2.50. The minimum absolute atomic E-state index is 0.146. The number of nitrogens with one attached hydrogen (secondary N) is 2. The molecule has 0 aliphatic carbocycles. The van der Waals surface area contributed by atoms with Gasteiger partial charge in [0.15, 0.2) is 0 Å². The monoisotopic (exact) mass is 301 g/mol. The molecule has 2 aromatic rings. The smallest absolute Gasteiger partial charge is 0.268 e. The number of ether oxygens (including phenoxy) is 1. The van der Waals surface area contributed by atoms with E-state index < -0.39 is 0 Å². The normalized spacial score (nSPS) is 10.9. The number of H-pyrrole nitrogens is 1. The van der Waals surface area contributed by atoms with Crippen LogP contribution in [0.1, 0.15) is 32.8 Å². The Morgan fingerprint density at radius 2 is 2.00 bits per heavy atom. The van der Waals surface area contributed by atoms with E-state index in [0.717, 1.165) is 30.0 Å². The van der Waals surface area contributed by atoms with Crippen molar-refractivity contribution in [2.24, 2.45) is 0 Å². The predicted octanol–water partition coefficient (Wildman–Crippen LogP) is 2.72. The van der Waals surface area contributed by atoms with E-state index >= 15 is 0 Å². The number of rotatable bonds is 7. The fraction of sp³-hybridized carbons (Fsp3) is 0.412. The molecule has 1 aromatic carbocycles. The summed E-state index contributed by atoms with van der Waals surface area (Å²) < 4.78 is 5.63. The maximum absolute atomic E-state index is 11.8. The molecule has 118 valence electrons. The Balaban J connectivity index is 2.17. The molecule has 0 radical (unpaired) electrons. The Morgan fingerprint density at radius 3 is 2.64 bits per heavy atom. The van der Waals surface area contributed by atoms with E-state index in [1.165, 1.54) is 0 Å². The van der Waals surface area contributed by atoms with Crippen LogP contribution in [0.3, 0.4) is 0 Å². The van der Waals surface area contributed by atoms with Gasteiger partial charge in [-0.05, 0) is 57.1 Å². The second kappa shape index (κ2) is 7.75. The Hall–Kier alpha value is -2.14. The fourth-order valence-electron chi connectivity index (χ4n) is 2.10. The first-order valence-corrected chi connectivity index (χ1v) is 7.66. The van der Waals surface area contributed by atoms with Crippen LogP contribution in [0.15, 0.2) is 35.1 Å². The zero-order valence-corrected chi connectivity index (χ0v) is 13.3. The van der Waals surface area contributed by atoms with Crippen molar-refractivity contribution in [2.75, 3.05) is 6.54 Å². The van der Waals surface area contributed by atoms with Gasteiger partial charge in [0, 0.05) is 17.7 Å². The summed E-state index contributed by atoms with van der Waals surface area (Å²) in [5, 5.41) is 9.92. The van der Waals surface area contributed by atoms with Gasteiger partial charge >= 0.3 is 0 Å². The third kappa shape index (κ3) is 4.43. The molecular formula is C17H23N3O2. The lowest BCUT2D eigenvalue weighted by Crippen LogP contribution is -2.22. The van der Waals surface area contributed by atoms with E-state index in [9.17, 15) is 4.79 Å². The molecule has 0 bridgehead atoms.